The molecule has 0 atom stereocenters. The van der Waals surface area contributed by atoms with Crippen molar-refractivity contribution in [3.8, 4) is 0 Å². The van der Waals surface area contributed by atoms with Gasteiger partial charge in [-0.25, -0.2) is 9.97 Å². The summed E-state index contributed by atoms with van der Waals surface area (Å²) >= 11 is 0. The Morgan fingerprint density at radius 1 is 1.05 bits per heavy atom. The van der Waals surface area contributed by atoms with Crippen molar-refractivity contribution < 1.29 is 0 Å². The first-order valence-electron chi connectivity index (χ1n) is 7.80. The highest BCUT2D eigenvalue weighted by Gasteiger charge is 2.17. The van der Waals surface area contributed by atoms with Crippen LogP contribution in [-0.2, 0) is 0 Å². The molecule has 22 heavy (non-hydrogen) atoms. The Bertz CT molecular complexity index is 603. The van der Waals surface area contributed by atoms with Gasteiger partial charge >= 0.3 is 0 Å². The largest absolute Gasteiger partial charge is 0.373 e. The zero-order chi connectivity index (χ0) is 15.4. The highest BCUT2D eigenvalue weighted by Crippen LogP contribution is 2.28. The second kappa shape index (κ2) is 6.75. The minimum absolute atomic E-state index is 0.695. The topological polar surface area (TPSA) is 53.1 Å². The number of rotatable bonds is 4. The molecule has 1 saturated heterocycles. The standard InChI is InChI=1S/C17H23N5/c1-18-16-11-17(20-12-19-16)21-15-5-3-13(4-6-15)14-7-9-22(2)10-8-14/h3-6,11-12,14H,7-10H2,1-2H3,(H2,18,19,20,21). The fourth-order valence-corrected chi connectivity index (χ4v) is 2.89. The summed E-state index contributed by atoms with van der Waals surface area (Å²) in [5, 5.41) is 6.33. The molecule has 0 radical (unpaired) electrons. The Hall–Kier alpha value is -2.14. The Morgan fingerprint density at radius 2 is 1.73 bits per heavy atom. The van der Waals surface area contributed by atoms with Gasteiger partial charge in [0, 0.05) is 18.8 Å². The van der Waals surface area contributed by atoms with E-state index in [9.17, 15) is 0 Å². The number of nitrogens with one attached hydrogen (secondary N) is 2. The van der Waals surface area contributed by atoms with E-state index < -0.39 is 0 Å². The van der Waals surface area contributed by atoms with Gasteiger partial charge in [0.05, 0.1) is 0 Å². The second-order valence-corrected chi connectivity index (χ2v) is 5.86. The Morgan fingerprint density at radius 3 is 2.41 bits per heavy atom. The number of aromatic nitrogens is 2. The molecule has 5 heteroatoms. The van der Waals surface area contributed by atoms with Crippen molar-refractivity contribution in [3.63, 3.8) is 0 Å². The predicted octanol–water partition coefficient (Wildman–Crippen LogP) is 3.07. The Labute approximate surface area is 131 Å². The summed E-state index contributed by atoms with van der Waals surface area (Å²) in [6.45, 7) is 2.39. The molecule has 5 nitrogen and oxygen atoms in total. The van der Waals surface area contributed by atoms with Crippen molar-refractivity contribution in [1.82, 2.24) is 14.9 Å². The molecule has 2 heterocycles. The summed E-state index contributed by atoms with van der Waals surface area (Å²) in [5.74, 6) is 2.30. The third-order valence-electron chi connectivity index (χ3n) is 4.30. The maximum Gasteiger partial charge on any atom is 0.135 e. The van der Waals surface area contributed by atoms with E-state index in [1.807, 2.05) is 13.1 Å². The fraction of sp³-hybridized carbons (Fsp3) is 0.412. The minimum Gasteiger partial charge on any atom is -0.373 e. The van der Waals surface area contributed by atoms with Crippen molar-refractivity contribution in [1.29, 1.82) is 0 Å². The lowest BCUT2D eigenvalue weighted by atomic mass is 9.89. The van der Waals surface area contributed by atoms with Crippen molar-refractivity contribution in [2.75, 3.05) is 37.8 Å². The van der Waals surface area contributed by atoms with Gasteiger partial charge in [-0.2, -0.15) is 0 Å². The smallest absolute Gasteiger partial charge is 0.135 e. The molecule has 2 N–H and O–H groups in total. The van der Waals surface area contributed by atoms with E-state index in [0.29, 0.717) is 5.92 Å². The van der Waals surface area contributed by atoms with Gasteiger partial charge in [0.2, 0.25) is 0 Å². The van der Waals surface area contributed by atoms with Crippen LogP contribution in [0.5, 0.6) is 0 Å². The quantitative estimate of drug-likeness (QED) is 0.908. The van der Waals surface area contributed by atoms with Gasteiger partial charge in [0.25, 0.3) is 0 Å². The molecule has 1 aliphatic rings. The number of anilines is 3. The lowest BCUT2D eigenvalue weighted by Gasteiger charge is -2.29. The molecular weight excluding hydrogens is 274 g/mol. The lowest BCUT2D eigenvalue weighted by Crippen LogP contribution is -2.29. The van der Waals surface area contributed by atoms with Crippen LogP contribution in [0.15, 0.2) is 36.7 Å². The Kier molecular flexibility index (Phi) is 4.53. The lowest BCUT2D eigenvalue weighted by molar-refractivity contribution is 0.255. The molecule has 3 rings (SSSR count). The highest BCUT2D eigenvalue weighted by molar-refractivity contribution is 5.59. The number of hydrogen-bond acceptors (Lipinski definition) is 5. The van der Waals surface area contributed by atoms with Gasteiger partial charge in [-0.05, 0) is 56.6 Å². The molecule has 0 spiro atoms. The van der Waals surface area contributed by atoms with Crippen LogP contribution in [-0.4, -0.2) is 42.1 Å². The van der Waals surface area contributed by atoms with Crippen LogP contribution in [0.4, 0.5) is 17.3 Å². The second-order valence-electron chi connectivity index (χ2n) is 5.86. The van der Waals surface area contributed by atoms with Crippen molar-refractivity contribution in [2.45, 2.75) is 18.8 Å². The van der Waals surface area contributed by atoms with Crippen LogP contribution in [0.1, 0.15) is 24.3 Å². The first kappa shape index (κ1) is 14.8. The first-order chi connectivity index (χ1) is 10.7. The van der Waals surface area contributed by atoms with E-state index in [1.54, 1.807) is 6.33 Å². The summed E-state index contributed by atoms with van der Waals surface area (Å²) in [6, 6.07) is 10.6. The summed E-state index contributed by atoms with van der Waals surface area (Å²) in [7, 11) is 4.05. The van der Waals surface area contributed by atoms with Gasteiger partial charge in [-0.3, -0.25) is 0 Å². The highest BCUT2D eigenvalue weighted by atomic mass is 15.1. The van der Waals surface area contributed by atoms with E-state index in [2.05, 4.69) is 56.8 Å². The maximum absolute atomic E-state index is 4.24. The van der Waals surface area contributed by atoms with Gasteiger partial charge in [0.1, 0.15) is 18.0 Å². The van der Waals surface area contributed by atoms with Crippen molar-refractivity contribution >= 4 is 17.3 Å². The number of benzene rings is 1. The van der Waals surface area contributed by atoms with Crippen LogP contribution in [0.3, 0.4) is 0 Å². The predicted molar refractivity (Wildman–Crippen MR) is 90.8 cm³/mol. The fourth-order valence-electron chi connectivity index (χ4n) is 2.89. The third-order valence-corrected chi connectivity index (χ3v) is 4.30. The number of piperidine rings is 1. The molecule has 2 aromatic rings. The average molecular weight is 297 g/mol. The van der Waals surface area contributed by atoms with Crippen LogP contribution in [0.2, 0.25) is 0 Å². The number of likely N-dealkylation sites (tertiary alicyclic amines) is 1. The van der Waals surface area contributed by atoms with E-state index >= 15 is 0 Å². The van der Waals surface area contributed by atoms with E-state index in [4.69, 9.17) is 0 Å². The monoisotopic (exact) mass is 297 g/mol. The van der Waals surface area contributed by atoms with Gasteiger partial charge in [-0.1, -0.05) is 12.1 Å². The number of hydrogen-bond donors (Lipinski definition) is 2. The number of nitrogens with zero attached hydrogens (tertiary/aromatic N) is 3. The molecule has 1 fully saturated rings. The molecule has 0 saturated carbocycles. The van der Waals surface area contributed by atoms with E-state index in [-0.39, 0.29) is 0 Å². The summed E-state index contributed by atoms with van der Waals surface area (Å²) in [4.78, 5) is 10.8. The summed E-state index contributed by atoms with van der Waals surface area (Å²) < 4.78 is 0. The zero-order valence-corrected chi connectivity index (χ0v) is 13.2. The molecule has 0 amide bonds. The molecule has 1 aromatic heterocycles. The molecular formula is C17H23N5. The first-order valence-corrected chi connectivity index (χ1v) is 7.80. The van der Waals surface area contributed by atoms with E-state index in [1.165, 1.54) is 31.5 Å². The van der Waals surface area contributed by atoms with Crippen molar-refractivity contribution in [3.05, 3.63) is 42.2 Å². The normalized spacial score (nSPS) is 16.5. The van der Waals surface area contributed by atoms with Crippen molar-refractivity contribution in [2.24, 2.45) is 0 Å². The zero-order valence-electron chi connectivity index (χ0n) is 13.2. The summed E-state index contributed by atoms with van der Waals surface area (Å²) in [5.41, 5.74) is 2.50. The molecule has 0 aliphatic carbocycles. The molecule has 0 unspecified atom stereocenters. The van der Waals surface area contributed by atoms with Gasteiger partial charge in [-0.15, -0.1) is 0 Å². The molecule has 0 bridgehead atoms. The molecule has 1 aromatic carbocycles. The summed E-state index contributed by atoms with van der Waals surface area (Å²) in [6.07, 6.45) is 4.06. The Balaban J connectivity index is 1.66. The SMILES string of the molecule is CNc1cc(Nc2ccc(C3CCN(C)CC3)cc2)ncn1. The van der Waals surface area contributed by atoms with E-state index in [0.717, 1.165) is 17.3 Å². The molecule has 1 aliphatic heterocycles. The third kappa shape index (κ3) is 3.54. The van der Waals surface area contributed by atoms with Gasteiger partial charge < -0.3 is 15.5 Å². The molecule has 116 valence electrons. The van der Waals surface area contributed by atoms with Gasteiger partial charge in [0.15, 0.2) is 0 Å². The maximum atomic E-state index is 4.24. The van der Waals surface area contributed by atoms with Crippen LogP contribution >= 0.6 is 0 Å². The van der Waals surface area contributed by atoms with Crippen LogP contribution in [0.25, 0.3) is 0 Å². The average Bonchev–Trinajstić information content (AvgIpc) is 2.57. The van der Waals surface area contributed by atoms with Crippen LogP contribution < -0.4 is 10.6 Å². The minimum atomic E-state index is 0.695. The van der Waals surface area contributed by atoms with Crippen LogP contribution in [0, 0.1) is 0 Å².